The van der Waals surface area contributed by atoms with Crippen LogP contribution in [0.1, 0.15) is 25.3 Å². The normalized spacial score (nSPS) is 16.4. The number of sulfonamides is 1. The Balaban J connectivity index is 1.51. The van der Waals surface area contributed by atoms with Crippen molar-refractivity contribution in [1.82, 2.24) is 18.8 Å². The molecule has 0 aliphatic carbocycles. The fourth-order valence-corrected chi connectivity index (χ4v) is 5.77. The van der Waals surface area contributed by atoms with Gasteiger partial charge >= 0.3 is 11.1 Å². The van der Waals surface area contributed by atoms with Crippen molar-refractivity contribution in [2.24, 2.45) is 19.5 Å². The Hall–Kier alpha value is -3.24. The van der Waals surface area contributed by atoms with Gasteiger partial charge in [0.1, 0.15) is 0 Å². The zero-order chi connectivity index (χ0) is 24.7. The second-order valence-electron chi connectivity index (χ2n) is 9.01. The predicted octanol–water partition coefficient (Wildman–Crippen LogP) is 1.34. The maximum Gasteiger partial charge on any atom is 0.316 e. The maximum absolute atomic E-state index is 13.3. The van der Waals surface area contributed by atoms with Gasteiger partial charge in [0.05, 0.1) is 15.9 Å². The fourth-order valence-electron chi connectivity index (χ4n) is 4.31. The predicted molar refractivity (Wildman–Crippen MR) is 129 cm³/mol. The van der Waals surface area contributed by atoms with Crippen molar-refractivity contribution in [1.29, 1.82) is 0 Å². The fraction of sp³-hybridized carbons (Fsp3) is 0.375. The second kappa shape index (κ2) is 8.84. The number of aromatic nitrogens is 2. The molecule has 3 aromatic rings. The molecule has 9 nitrogen and oxygen atoms in total. The first-order valence-electron chi connectivity index (χ1n) is 11.1. The lowest BCUT2D eigenvalue weighted by atomic mass is 9.80. The number of fused-ring (bicyclic) bond motifs is 1. The van der Waals surface area contributed by atoms with Crippen LogP contribution in [0.5, 0.6) is 0 Å². The van der Waals surface area contributed by atoms with E-state index in [1.165, 1.54) is 45.7 Å². The first kappa shape index (κ1) is 23.9. The Bertz CT molecular complexity index is 1470. The summed E-state index contributed by atoms with van der Waals surface area (Å²) in [5.74, 6) is -0.0879. The quantitative estimate of drug-likeness (QED) is 0.550. The number of carbonyl (C=O) groups excluding carboxylic acids is 1. The molecule has 4 rings (SSSR count). The van der Waals surface area contributed by atoms with Crippen LogP contribution in [-0.4, -0.2) is 40.9 Å². The van der Waals surface area contributed by atoms with Crippen LogP contribution in [0.2, 0.25) is 0 Å². The van der Waals surface area contributed by atoms with Gasteiger partial charge in [0.2, 0.25) is 15.9 Å². The van der Waals surface area contributed by atoms with Gasteiger partial charge in [-0.2, -0.15) is 4.31 Å². The summed E-state index contributed by atoms with van der Waals surface area (Å²) in [5, 5.41) is 2.97. The molecule has 10 heteroatoms. The third-order valence-corrected chi connectivity index (χ3v) is 8.66. The molecule has 0 radical (unpaired) electrons. The molecule has 0 atom stereocenters. The van der Waals surface area contributed by atoms with Gasteiger partial charge in [-0.25, -0.2) is 8.42 Å². The lowest BCUT2D eigenvalue weighted by Crippen LogP contribution is -2.48. The van der Waals surface area contributed by atoms with Gasteiger partial charge in [-0.1, -0.05) is 37.3 Å². The van der Waals surface area contributed by atoms with Crippen molar-refractivity contribution >= 4 is 27.0 Å². The molecule has 1 N–H and O–H groups in total. The number of benzene rings is 2. The number of hydrogen-bond acceptors (Lipinski definition) is 5. The number of aryl methyl sites for hydroxylation is 2. The molecular weight excluding hydrogens is 456 g/mol. The van der Waals surface area contributed by atoms with Gasteiger partial charge in [0, 0.05) is 39.1 Å². The molecule has 1 aliphatic rings. The minimum absolute atomic E-state index is 0.0470. The van der Waals surface area contributed by atoms with E-state index in [-0.39, 0.29) is 23.9 Å². The van der Waals surface area contributed by atoms with E-state index < -0.39 is 26.6 Å². The van der Waals surface area contributed by atoms with Crippen LogP contribution in [-0.2, 0) is 35.5 Å². The summed E-state index contributed by atoms with van der Waals surface area (Å²) >= 11 is 0. The van der Waals surface area contributed by atoms with E-state index in [9.17, 15) is 22.8 Å². The highest BCUT2D eigenvalue weighted by molar-refractivity contribution is 7.89. The number of piperidine rings is 1. The summed E-state index contributed by atoms with van der Waals surface area (Å²) in [5.41, 5.74) is -0.233. The Morgan fingerprint density at radius 2 is 1.53 bits per heavy atom. The Labute approximate surface area is 197 Å². The average molecular weight is 485 g/mol. The largest absolute Gasteiger partial charge is 0.352 e. The molecule has 2 aromatic carbocycles. The number of amides is 1. The lowest BCUT2D eigenvalue weighted by Gasteiger charge is -2.37. The van der Waals surface area contributed by atoms with Gasteiger partial charge in [-0.05, 0) is 36.6 Å². The molecular formula is C24H28N4O5S. The minimum atomic E-state index is -3.84. The number of rotatable bonds is 5. The minimum Gasteiger partial charge on any atom is -0.352 e. The number of carbonyl (C=O) groups is 1. The topological polar surface area (TPSA) is 110 Å². The summed E-state index contributed by atoms with van der Waals surface area (Å²) in [6, 6.07) is 14.0. The molecule has 1 aromatic heterocycles. The first-order valence-corrected chi connectivity index (χ1v) is 12.5. The SMILES string of the molecule is Cn1c(=O)c(=O)n(C)c2cc(S(=O)(=O)N3CCC(C)(C(=O)NCc4ccccc4)CC3)ccc21. The summed E-state index contributed by atoms with van der Waals surface area (Å²) in [6.45, 7) is 2.71. The Morgan fingerprint density at radius 1 is 0.941 bits per heavy atom. The number of nitrogens with zero attached hydrogens (tertiary/aromatic N) is 3. The van der Waals surface area contributed by atoms with E-state index in [2.05, 4.69) is 5.32 Å². The molecule has 180 valence electrons. The zero-order valence-electron chi connectivity index (χ0n) is 19.4. The third-order valence-electron chi connectivity index (χ3n) is 6.77. The molecule has 1 aliphatic heterocycles. The van der Waals surface area contributed by atoms with Gasteiger partial charge in [0.25, 0.3) is 0 Å². The highest BCUT2D eigenvalue weighted by Crippen LogP contribution is 2.34. The van der Waals surface area contributed by atoms with E-state index in [1.807, 2.05) is 37.3 Å². The monoisotopic (exact) mass is 484 g/mol. The molecule has 34 heavy (non-hydrogen) atoms. The summed E-state index contributed by atoms with van der Waals surface area (Å²) in [7, 11) is -0.910. The van der Waals surface area contributed by atoms with E-state index in [4.69, 9.17) is 0 Å². The van der Waals surface area contributed by atoms with Gasteiger partial charge < -0.3 is 14.5 Å². The molecule has 2 heterocycles. The summed E-state index contributed by atoms with van der Waals surface area (Å²) in [4.78, 5) is 37.1. The van der Waals surface area contributed by atoms with Gasteiger partial charge in [-0.3, -0.25) is 14.4 Å². The van der Waals surface area contributed by atoms with Crippen LogP contribution in [0.15, 0.2) is 63.0 Å². The number of hydrogen-bond donors (Lipinski definition) is 1. The van der Waals surface area contributed by atoms with Crippen molar-refractivity contribution in [2.45, 2.75) is 31.2 Å². The van der Waals surface area contributed by atoms with E-state index in [0.29, 0.717) is 30.4 Å². The molecule has 1 amide bonds. The maximum atomic E-state index is 13.3. The van der Waals surface area contributed by atoms with Crippen molar-refractivity contribution in [3.63, 3.8) is 0 Å². The average Bonchev–Trinajstić information content (AvgIpc) is 2.85. The second-order valence-corrected chi connectivity index (χ2v) is 10.9. The Morgan fingerprint density at radius 3 is 2.15 bits per heavy atom. The lowest BCUT2D eigenvalue weighted by molar-refractivity contribution is -0.132. The van der Waals surface area contributed by atoms with Crippen LogP contribution in [0, 0.1) is 5.41 Å². The van der Waals surface area contributed by atoms with Crippen molar-refractivity contribution in [3.8, 4) is 0 Å². The van der Waals surface area contributed by atoms with Crippen molar-refractivity contribution in [2.75, 3.05) is 13.1 Å². The number of nitrogens with one attached hydrogen (secondary N) is 1. The van der Waals surface area contributed by atoms with Crippen LogP contribution in [0.25, 0.3) is 11.0 Å². The van der Waals surface area contributed by atoms with E-state index in [0.717, 1.165) is 5.56 Å². The van der Waals surface area contributed by atoms with Crippen LogP contribution in [0.4, 0.5) is 0 Å². The van der Waals surface area contributed by atoms with E-state index >= 15 is 0 Å². The standard InChI is InChI=1S/C24H28N4O5S/c1-24(23(31)25-16-17-7-5-4-6-8-17)11-13-28(14-12-24)34(32,33)18-9-10-19-20(15-18)27(3)22(30)21(29)26(19)2/h4-10,15H,11-14,16H2,1-3H3,(H,25,31). The smallest absolute Gasteiger partial charge is 0.316 e. The van der Waals surface area contributed by atoms with E-state index in [1.54, 1.807) is 0 Å². The summed E-state index contributed by atoms with van der Waals surface area (Å²) in [6.07, 6.45) is 0.793. The highest BCUT2D eigenvalue weighted by atomic mass is 32.2. The highest BCUT2D eigenvalue weighted by Gasteiger charge is 2.40. The van der Waals surface area contributed by atoms with Crippen LogP contribution >= 0.6 is 0 Å². The molecule has 0 saturated carbocycles. The van der Waals surface area contributed by atoms with Gasteiger partial charge in [0.15, 0.2) is 0 Å². The molecule has 1 fully saturated rings. The Kier molecular flexibility index (Phi) is 6.22. The first-order chi connectivity index (χ1) is 16.0. The molecule has 0 bridgehead atoms. The summed E-state index contributed by atoms with van der Waals surface area (Å²) < 4.78 is 30.4. The molecule has 0 spiro atoms. The van der Waals surface area contributed by atoms with Crippen LogP contribution < -0.4 is 16.4 Å². The van der Waals surface area contributed by atoms with Crippen LogP contribution in [0.3, 0.4) is 0 Å². The van der Waals surface area contributed by atoms with Crippen molar-refractivity contribution in [3.05, 3.63) is 74.8 Å². The van der Waals surface area contributed by atoms with Crippen molar-refractivity contribution < 1.29 is 13.2 Å². The third kappa shape index (κ3) is 4.19. The van der Waals surface area contributed by atoms with Gasteiger partial charge in [-0.15, -0.1) is 0 Å². The molecule has 0 unspecified atom stereocenters. The molecule has 1 saturated heterocycles. The zero-order valence-corrected chi connectivity index (χ0v) is 20.3.